The molecule has 1 rings (SSSR count). The van der Waals surface area contributed by atoms with Gasteiger partial charge < -0.3 is 4.89 Å². The van der Waals surface area contributed by atoms with Crippen molar-refractivity contribution in [1.29, 1.82) is 0 Å². The van der Waals surface area contributed by atoms with E-state index in [4.69, 9.17) is 11.6 Å². The Hall–Kier alpha value is -0.0400. The summed E-state index contributed by atoms with van der Waals surface area (Å²) in [5.74, 6) is 1.36. The lowest BCUT2D eigenvalue weighted by atomic mass is 10.2. The summed E-state index contributed by atoms with van der Waals surface area (Å²) in [7, 11) is -3.04. The van der Waals surface area contributed by atoms with Crippen LogP contribution in [0.2, 0.25) is 0 Å². The maximum absolute atomic E-state index is 11.2. The van der Waals surface area contributed by atoms with E-state index in [1.54, 1.807) is 13.8 Å². The van der Waals surface area contributed by atoms with Crippen LogP contribution in [-0.2, 0) is 4.57 Å². The number of hydrogen-bond donors (Lipinski definition) is 1. The van der Waals surface area contributed by atoms with Gasteiger partial charge in [0.15, 0.2) is 0 Å². The normalized spacial score (nSPS) is 32.2. The van der Waals surface area contributed by atoms with Gasteiger partial charge in [-0.15, -0.1) is 0 Å². The first-order valence-corrected chi connectivity index (χ1v) is 5.58. The summed E-state index contributed by atoms with van der Waals surface area (Å²) >= 11 is 5.82. The minimum Gasteiger partial charge on any atom is -0.341 e. The standard InChI is InChI=1S/C7H10ClO2P/c1-5-3-11(9,10)4-6(2)7(5)8/h3H,4H2,1-2H3,(H,9,10). The van der Waals surface area contributed by atoms with Gasteiger partial charge in [0.2, 0.25) is 7.37 Å². The number of hydrogen-bond acceptors (Lipinski definition) is 1. The van der Waals surface area contributed by atoms with Crippen LogP contribution in [0.15, 0.2) is 22.0 Å². The van der Waals surface area contributed by atoms with Crippen LogP contribution < -0.4 is 0 Å². The number of halogens is 1. The SMILES string of the molecule is CC1=CP(=O)(O)CC(C)=C1Cl. The van der Waals surface area contributed by atoms with Gasteiger partial charge in [-0.05, 0) is 25.0 Å². The second-order valence-corrected chi connectivity index (χ2v) is 5.28. The molecule has 0 bridgehead atoms. The molecule has 0 spiro atoms. The monoisotopic (exact) mass is 192 g/mol. The van der Waals surface area contributed by atoms with Crippen molar-refractivity contribution in [1.82, 2.24) is 0 Å². The van der Waals surface area contributed by atoms with Crippen LogP contribution in [0.5, 0.6) is 0 Å². The topological polar surface area (TPSA) is 37.3 Å². The fourth-order valence-corrected chi connectivity index (χ4v) is 3.10. The summed E-state index contributed by atoms with van der Waals surface area (Å²) < 4.78 is 11.2. The van der Waals surface area contributed by atoms with E-state index in [-0.39, 0.29) is 6.16 Å². The Bertz CT molecular complexity index is 291. The molecule has 0 radical (unpaired) electrons. The van der Waals surface area contributed by atoms with Crippen LogP contribution in [0.25, 0.3) is 0 Å². The Morgan fingerprint density at radius 3 is 2.64 bits per heavy atom. The summed E-state index contributed by atoms with van der Waals surface area (Å²) in [6, 6.07) is 0. The molecule has 1 aliphatic rings. The third kappa shape index (κ3) is 1.96. The molecule has 0 aromatic rings. The van der Waals surface area contributed by atoms with Gasteiger partial charge in [-0.2, -0.15) is 0 Å². The zero-order valence-corrected chi connectivity index (χ0v) is 8.12. The summed E-state index contributed by atoms with van der Waals surface area (Å²) in [6.07, 6.45) is 0.198. The van der Waals surface area contributed by atoms with Crippen molar-refractivity contribution in [2.75, 3.05) is 6.16 Å². The van der Waals surface area contributed by atoms with Crippen molar-refractivity contribution in [3.05, 3.63) is 22.0 Å². The van der Waals surface area contributed by atoms with E-state index in [0.29, 0.717) is 10.6 Å². The van der Waals surface area contributed by atoms with Crippen LogP contribution in [-0.4, -0.2) is 11.1 Å². The molecule has 1 N–H and O–H groups in total. The van der Waals surface area contributed by atoms with Crippen molar-refractivity contribution >= 4 is 19.0 Å². The molecule has 1 unspecified atom stereocenters. The van der Waals surface area contributed by atoms with Crippen molar-refractivity contribution in [2.45, 2.75) is 13.8 Å². The second-order valence-electron chi connectivity index (χ2n) is 2.82. The van der Waals surface area contributed by atoms with Gasteiger partial charge in [-0.3, -0.25) is 4.57 Å². The maximum Gasteiger partial charge on any atom is 0.226 e. The molecule has 0 fully saturated rings. The first-order valence-electron chi connectivity index (χ1n) is 3.29. The van der Waals surface area contributed by atoms with Gasteiger partial charge >= 0.3 is 0 Å². The summed E-state index contributed by atoms with van der Waals surface area (Å²) in [5, 5.41) is 0.630. The highest BCUT2D eigenvalue weighted by atomic mass is 35.5. The smallest absolute Gasteiger partial charge is 0.226 e. The lowest BCUT2D eigenvalue weighted by molar-refractivity contribution is 0.490. The van der Waals surface area contributed by atoms with Crippen LogP contribution in [0.4, 0.5) is 0 Å². The molecule has 62 valence electrons. The van der Waals surface area contributed by atoms with E-state index in [1.165, 1.54) is 5.82 Å². The predicted molar refractivity (Wildman–Crippen MR) is 47.0 cm³/mol. The zero-order valence-electron chi connectivity index (χ0n) is 6.47. The number of rotatable bonds is 0. The zero-order chi connectivity index (χ0) is 8.65. The molecule has 1 atom stereocenters. The summed E-state index contributed by atoms with van der Waals surface area (Å²) in [6.45, 7) is 3.52. The van der Waals surface area contributed by atoms with Crippen LogP contribution >= 0.6 is 19.0 Å². The molecule has 2 nitrogen and oxygen atoms in total. The molecular weight excluding hydrogens is 183 g/mol. The van der Waals surface area contributed by atoms with Crippen LogP contribution in [0.1, 0.15) is 13.8 Å². The highest BCUT2D eigenvalue weighted by Crippen LogP contribution is 2.50. The maximum atomic E-state index is 11.2. The predicted octanol–water partition coefficient (Wildman–Crippen LogP) is 2.69. The molecule has 1 heterocycles. The third-order valence-electron chi connectivity index (χ3n) is 1.58. The summed E-state index contributed by atoms with van der Waals surface area (Å²) in [5.41, 5.74) is 1.51. The van der Waals surface area contributed by atoms with Crippen molar-refractivity contribution < 1.29 is 9.46 Å². The quantitative estimate of drug-likeness (QED) is 0.599. The van der Waals surface area contributed by atoms with Gasteiger partial charge in [-0.25, -0.2) is 0 Å². The van der Waals surface area contributed by atoms with E-state index in [2.05, 4.69) is 0 Å². The van der Waals surface area contributed by atoms with Gasteiger partial charge in [0, 0.05) is 10.8 Å². The van der Waals surface area contributed by atoms with E-state index in [1.807, 2.05) is 0 Å². The van der Waals surface area contributed by atoms with E-state index >= 15 is 0 Å². The average Bonchev–Trinajstić information content (AvgIpc) is 1.81. The third-order valence-corrected chi connectivity index (χ3v) is 3.92. The molecule has 1 aliphatic heterocycles. The minimum absolute atomic E-state index is 0.198. The molecule has 0 aliphatic carbocycles. The van der Waals surface area contributed by atoms with Crippen LogP contribution in [0.3, 0.4) is 0 Å². The average molecular weight is 193 g/mol. The van der Waals surface area contributed by atoms with E-state index < -0.39 is 7.37 Å². The van der Waals surface area contributed by atoms with Gasteiger partial charge in [0.25, 0.3) is 0 Å². The summed E-state index contributed by atoms with van der Waals surface area (Å²) in [4.78, 5) is 9.22. The Balaban J connectivity index is 3.11. The molecule has 0 aromatic carbocycles. The fourth-order valence-electron chi connectivity index (χ4n) is 1.15. The highest BCUT2D eigenvalue weighted by Gasteiger charge is 2.22. The van der Waals surface area contributed by atoms with E-state index in [9.17, 15) is 9.46 Å². The van der Waals surface area contributed by atoms with E-state index in [0.717, 1.165) is 5.57 Å². The first kappa shape index (κ1) is 9.05. The fraction of sp³-hybridized carbons (Fsp3) is 0.429. The van der Waals surface area contributed by atoms with Crippen molar-refractivity contribution in [2.24, 2.45) is 0 Å². The molecule has 0 saturated carbocycles. The lowest BCUT2D eigenvalue weighted by Crippen LogP contribution is -1.98. The largest absolute Gasteiger partial charge is 0.341 e. The molecule has 4 heteroatoms. The Morgan fingerprint density at radius 1 is 1.64 bits per heavy atom. The van der Waals surface area contributed by atoms with Crippen LogP contribution in [0, 0.1) is 0 Å². The number of allylic oxidation sites excluding steroid dienone is 3. The Kier molecular flexibility index (Phi) is 2.29. The molecular formula is C7H10ClO2P. The Labute approximate surface area is 71.0 Å². The van der Waals surface area contributed by atoms with Crippen molar-refractivity contribution in [3.8, 4) is 0 Å². The lowest BCUT2D eigenvalue weighted by Gasteiger charge is -2.16. The van der Waals surface area contributed by atoms with Gasteiger partial charge in [0.1, 0.15) is 0 Å². The minimum atomic E-state index is -3.04. The highest BCUT2D eigenvalue weighted by molar-refractivity contribution is 7.61. The Morgan fingerprint density at radius 2 is 2.18 bits per heavy atom. The van der Waals surface area contributed by atoms with Gasteiger partial charge in [0.05, 0.1) is 6.16 Å². The molecule has 0 saturated heterocycles. The van der Waals surface area contributed by atoms with Crippen molar-refractivity contribution in [3.63, 3.8) is 0 Å². The molecule has 11 heavy (non-hydrogen) atoms. The molecule has 0 aromatic heterocycles. The first-order chi connectivity index (χ1) is 4.92. The van der Waals surface area contributed by atoms with Gasteiger partial charge in [-0.1, -0.05) is 11.6 Å². The molecule has 0 amide bonds. The second kappa shape index (κ2) is 2.78.